The van der Waals surface area contributed by atoms with E-state index in [-0.39, 0.29) is 11.9 Å². The monoisotopic (exact) mass is 273 g/mol. The van der Waals surface area contributed by atoms with Gasteiger partial charge in [-0.1, -0.05) is 22.0 Å². The smallest absolute Gasteiger partial charge is 0.124 e. The Kier molecular flexibility index (Phi) is 3.38. The highest BCUT2D eigenvalue weighted by Gasteiger charge is 2.26. The molecule has 0 saturated heterocycles. The number of nitrogens with one attached hydrogen (secondary N) is 1. The average Bonchev–Trinajstić information content (AvgIpc) is 2.13. The predicted molar refractivity (Wildman–Crippen MR) is 60.0 cm³/mol. The normalized spacial score (nSPS) is 25.0. The van der Waals surface area contributed by atoms with Gasteiger partial charge in [0, 0.05) is 17.1 Å². The summed E-state index contributed by atoms with van der Waals surface area (Å²) in [4.78, 5) is 0. The third-order valence-corrected chi connectivity index (χ3v) is 3.45. The Morgan fingerprint density at radius 1 is 1.47 bits per heavy atom. The van der Waals surface area contributed by atoms with E-state index >= 15 is 0 Å². The zero-order valence-corrected chi connectivity index (χ0v) is 9.80. The molecular weight excluding hydrogens is 261 g/mol. The highest BCUT2D eigenvalue weighted by atomic mass is 79.9. The maximum atomic E-state index is 12.8. The molecule has 2 N–H and O–H groups in total. The zero-order chi connectivity index (χ0) is 10.8. The topological polar surface area (TPSA) is 32.3 Å². The van der Waals surface area contributed by atoms with Crippen molar-refractivity contribution in [3.05, 3.63) is 34.1 Å². The van der Waals surface area contributed by atoms with Crippen molar-refractivity contribution in [1.82, 2.24) is 5.32 Å². The van der Waals surface area contributed by atoms with E-state index in [1.54, 1.807) is 6.07 Å². The van der Waals surface area contributed by atoms with Crippen molar-refractivity contribution in [3.8, 4) is 0 Å². The summed E-state index contributed by atoms with van der Waals surface area (Å²) in [5.74, 6) is -0.232. The van der Waals surface area contributed by atoms with Crippen molar-refractivity contribution in [2.24, 2.45) is 0 Å². The van der Waals surface area contributed by atoms with Gasteiger partial charge in [0.25, 0.3) is 0 Å². The fourth-order valence-electron chi connectivity index (χ4n) is 1.67. The molecule has 2 nitrogen and oxygen atoms in total. The molecule has 0 unspecified atom stereocenters. The van der Waals surface area contributed by atoms with Crippen LogP contribution in [0.15, 0.2) is 22.7 Å². The van der Waals surface area contributed by atoms with Crippen LogP contribution in [0.3, 0.4) is 0 Å². The average molecular weight is 274 g/mol. The molecule has 82 valence electrons. The van der Waals surface area contributed by atoms with Crippen LogP contribution in [0.2, 0.25) is 0 Å². The molecule has 0 aliphatic heterocycles. The van der Waals surface area contributed by atoms with E-state index in [0.717, 1.165) is 22.9 Å². The second-order valence-electron chi connectivity index (χ2n) is 3.94. The predicted octanol–water partition coefficient (Wildman–Crippen LogP) is 2.20. The van der Waals surface area contributed by atoms with E-state index in [1.807, 2.05) is 0 Å². The van der Waals surface area contributed by atoms with Gasteiger partial charge in [-0.15, -0.1) is 0 Å². The van der Waals surface area contributed by atoms with Crippen molar-refractivity contribution in [3.63, 3.8) is 0 Å². The molecule has 1 aromatic carbocycles. The van der Waals surface area contributed by atoms with E-state index in [1.165, 1.54) is 12.1 Å². The number of aliphatic hydroxyl groups is 1. The van der Waals surface area contributed by atoms with Crippen molar-refractivity contribution >= 4 is 15.9 Å². The summed E-state index contributed by atoms with van der Waals surface area (Å²) in [5.41, 5.74) is 1.04. The molecule has 4 heteroatoms. The van der Waals surface area contributed by atoms with Gasteiger partial charge < -0.3 is 10.4 Å². The van der Waals surface area contributed by atoms with Gasteiger partial charge in [-0.3, -0.25) is 0 Å². The molecule has 0 heterocycles. The first kappa shape index (κ1) is 11.0. The van der Waals surface area contributed by atoms with Crippen molar-refractivity contribution in [1.29, 1.82) is 0 Å². The second-order valence-corrected chi connectivity index (χ2v) is 4.79. The molecule has 0 spiro atoms. The summed E-state index contributed by atoms with van der Waals surface area (Å²) < 4.78 is 13.6. The minimum absolute atomic E-state index is 0.140. The Labute approximate surface area is 96.6 Å². The Bertz CT molecular complexity index is 352. The van der Waals surface area contributed by atoms with Crippen LogP contribution >= 0.6 is 15.9 Å². The van der Waals surface area contributed by atoms with Crippen LogP contribution in [-0.2, 0) is 6.54 Å². The lowest BCUT2D eigenvalue weighted by molar-refractivity contribution is 0.0619. The van der Waals surface area contributed by atoms with Gasteiger partial charge in [0.2, 0.25) is 0 Å². The maximum absolute atomic E-state index is 12.8. The molecule has 0 aromatic heterocycles. The molecule has 0 bridgehead atoms. The highest BCUT2D eigenvalue weighted by Crippen LogP contribution is 2.22. The lowest BCUT2D eigenvalue weighted by Gasteiger charge is -2.32. The van der Waals surface area contributed by atoms with Crippen LogP contribution in [-0.4, -0.2) is 17.3 Å². The Morgan fingerprint density at radius 3 is 2.80 bits per heavy atom. The number of halogens is 2. The molecule has 1 fully saturated rings. The molecule has 1 aliphatic rings. The van der Waals surface area contributed by atoms with E-state index in [9.17, 15) is 4.39 Å². The molecule has 2 rings (SSSR count). The Hall–Kier alpha value is -0.450. The number of benzene rings is 1. The van der Waals surface area contributed by atoms with Gasteiger partial charge in [0.05, 0.1) is 6.10 Å². The largest absolute Gasteiger partial charge is 0.393 e. The second kappa shape index (κ2) is 4.60. The van der Waals surface area contributed by atoms with Crippen LogP contribution in [0.25, 0.3) is 0 Å². The lowest BCUT2D eigenvalue weighted by atomic mass is 9.89. The minimum atomic E-state index is -0.232. The molecule has 1 saturated carbocycles. The van der Waals surface area contributed by atoms with E-state index < -0.39 is 0 Å². The van der Waals surface area contributed by atoms with Crippen LogP contribution in [0.1, 0.15) is 18.4 Å². The summed E-state index contributed by atoms with van der Waals surface area (Å²) in [5, 5.41) is 12.4. The maximum Gasteiger partial charge on any atom is 0.124 e. The molecule has 1 aliphatic carbocycles. The Morgan fingerprint density at radius 2 is 2.20 bits per heavy atom. The van der Waals surface area contributed by atoms with E-state index in [4.69, 9.17) is 5.11 Å². The number of aliphatic hydroxyl groups excluding tert-OH is 1. The summed E-state index contributed by atoms with van der Waals surface area (Å²) in [6.45, 7) is 0.707. The highest BCUT2D eigenvalue weighted by molar-refractivity contribution is 9.10. The standard InChI is InChI=1S/C11H13BrFNO/c12-11-3-8(13)2-1-7(11)6-14-9-4-10(15)5-9/h1-3,9-10,14-15H,4-6H2. The quantitative estimate of drug-likeness (QED) is 0.885. The van der Waals surface area contributed by atoms with Gasteiger partial charge in [-0.05, 0) is 30.5 Å². The summed E-state index contributed by atoms with van der Waals surface area (Å²) in [6, 6.07) is 5.09. The molecule has 15 heavy (non-hydrogen) atoms. The third-order valence-electron chi connectivity index (χ3n) is 2.71. The molecule has 0 radical (unpaired) electrons. The van der Waals surface area contributed by atoms with Crippen LogP contribution in [0, 0.1) is 5.82 Å². The van der Waals surface area contributed by atoms with Crippen LogP contribution in [0.5, 0.6) is 0 Å². The first-order valence-corrected chi connectivity index (χ1v) is 5.80. The van der Waals surface area contributed by atoms with Gasteiger partial charge in [-0.25, -0.2) is 4.39 Å². The lowest BCUT2D eigenvalue weighted by Crippen LogP contribution is -2.43. The van der Waals surface area contributed by atoms with Crippen LogP contribution < -0.4 is 5.32 Å². The first-order valence-electron chi connectivity index (χ1n) is 5.00. The third kappa shape index (κ3) is 2.77. The molecular formula is C11H13BrFNO. The minimum Gasteiger partial charge on any atom is -0.393 e. The Balaban J connectivity index is 1.88. The molecule has 0 atom stereocenters. The summed E-state index contributed by atoms with van der Waals surface area (Å²) >= 11 is 3.32. The number of hydrogen-bond acceptors (Lipinski definition) is 2. The fraction of sp³-hybridized carbons (Fsp3) is 0.455. The fourth-order valence-corrected chi connectivity index (χ4v) is 2.16. The van der Waals surface area contributed by atoms with Crippen molar-refractivity contribution in [2.45, 2.75) is 31.5 Å². The number of hydrogen-bond donors (Lipinski definition) is 2. The van der Waals surface area contributed by atoms with E-state index in [2.05, 4.69) is 21.2 Å². The van der Waals surface area contributed by atoms with Gasteiger partial charge in [0.1, 0.15) is 5.82 Å². The van der Waals surface area contributed by atoms with Gasteiger partial charge >= 0.3 is 0 Å². The van der Waals surface area contributed by atoms with Gasteiger partial charge in [0.15, 0.2) is 0 Å². The first-order chi connectivity index (χ1) is 7.15. The molecule has 1 aromatic rings. The van der Waals surface area contributed by atoms with Gasteiger partial charge in [-0.2, -0.15) is 0 Å². The molecule has 0 amide bonds. The van der Waals surface area contributed by atoms with Crippen LogP contribution in [0.4, 0.5) is 4.39 Å². The van der Waals surface area contributed by atoms with Crippen molar-refractivity contribution < 1.29 is 9.50 Å². The van der Waals surface area contributed by atoms with Crippen molar-refractivity contribution in [2.75, 3.05) is 0 Å². The zero-order valence-electron chi connectivity index (χ0n) is 8.21. The van der Waals surface area contributed by atoms with E-state index in [0.29, 0.717) is 12.6 Å². The SMILES string of the molecule is OC1CC(NCc2ccc(F)cc2Br)C1. The summed E-state index contributed by atoms with van der Waals surface area (Å²) in [6.07, 6.45) is 1.50. The number of rotatable bonds is 3. The summed E-state index contributed by atoms with van der Waals surface area (Å²) in [7, 11) is 0.